The fraction of sp³-hybridized carbons (Fsp3) is 0.609. The summed E-state index contributed by atoms with van der Waals surface area (Å²) in [6, 6.07) is 5.95. The number of carbonyl (C=O) groups is 1. The van der Waals surface area contributed by atoms with Crippen molar-refractivity contribution in [1.29, 1.82) is 0 Å². The zero-order valence-corrected chi connectivity index (χ0v) is 19.7. The third-order valence-corrected chi connectivity index (χ3v) is 6.39. The van der Waals surface area contributed by atoms with Crippen LogP contribution in [0.5, 0.6) is 0 Å². The lowest BCUT2D eigenvalue weighted by Gasteiger charge is -2.38. The maximum absolute atomic E-state index is 12.8. The number of benzene rings is 1. The summed E-state index contributed by atoms with van der Waals surface area (Å²) in [6.45, 7) is 5.02. The highest BCUT2D eigenvalue weighted by Crippen LogP contribution is 2.49. The number of nitrogens with zero attached hydrogens (tertiary/aromatic N) is 2. The highest BCUT2D eigenvalue weighted by molar-refractivity contribution is 7.80. The number of carboxylic acid groups (broad SMARTS) is 1. The van der Waals surface area contributed by atoms with Crippen LogP contribution in [0.4, 0.5) is 24.5 Å². The van der Waals surface area contributed by atoms with Crippen LogP contribution in [0.3, 0.4) is 0 Å². The van der Waals surface area contributed by atoms with Gasteiger partial charge in [-0.05, 0) is 61.0 Å². The molecule has 0 radical (unpaired) electrons. The van der Waals surface area contributed by atoms with Gasteiger partial charge in [-0.1, -0.05) is 39.2 Å². The SMILES string of the molecule is CC(C)CN(c1ccc(C2CC2C(=O)O)cc1NC(=S)N=C(N)C(F)(F)F)C1CCCCC1. The number of carboxylic acids is 1. The molecular formula is C23H31F3N4O2S. The van der Waals surface area contributed by atoms with Crippen molar-refractivity contribution < 1.29 is 23.1 Å². The van der Waals surface area contributed by atoms with Crippen LogP contribution in [0.2, 0.25) is 0 Å². The van der Waals surface area contributed by atoms with Gasteiger partial charge in [-0.2, -0.15) is 18.2 Å². The van der Waals surface area contributed by atoms with Crippen LogP contribution in [0, 0.1) is 11.8 Å². The summed E-state index contributed by atoms with van der Waals surface area (Å²) < 4.78 is 38.5. The average molecular weight is 485 g/mol. The van der Waals surface area contributed by atoms with E-state index in [9.17, 15) is 23.1 Å². The van der Waals surface area contributed by atoms with Gasteiger partial charge in [0.25, 0.3) is 0 Å². The molecule has 2 fully saturated rings. The molecule has 2 aliphatic carbocycles. The highest BCUT2D eigenvalue weighted by Gasteiger charge is 2.44. The predicted octanol–water partition coefficient (Wildman–Crippen LogP) is 5.29. The van der Waals surface area contributed by atoms with E-state index >= 15 is 0 Å². The maximum Gasteiger partial charge on any atom is 0.449 e. The number of aliphatic carboxylic acids is 1. The Morgan fingerprint density at radius 2 is 1.97 bits per heavy atom. The summed E-state index contributed by atoms with van der Waals surface area (Å²) in [5.41, 5.74) is 7.22. The van der Waals surface area contributed by atoms with Crippen LogP contribution in [-0.4, -0.2) is 40.8 Å². The van der Waals surface area contributed by atoms with Gasteiger partial charge in [0.2, 0.25) is 5.84 Å². The normalized spacial score (nSPS) is 21.7. The van der Waals surface area contributed by atoms with E-state index in [4.69, 9.17) is 18.0 Å². The first-order valence-corrected chi connectivity index (χ1v) is 11.7. The van der Waals surface area contributed by atoms with E-state index < -0.39 is 23.9 Å². The number of nitrogens with two attached hydrogens (primary N) is 1. The van der Waals surface area contributed by atoms with Crippen molar-refractivity contribution >= 4 is 40.5 Å². The van der Waals surface area contributed by atoms with Crippen LogP contribution >= 0.6 is 12.2 Å². The molecule has 0 aliphatic heterocycles. The Bertz CT molecular complexity index is 913. The number of amidine groups is 1. The van der Waals surface area contributed by atoms with Crippen LogP contribution in [0.25, 0.3) is 0 Å². The third-order valence-electron chi connectivity index (χ3n) is 6.20. The van der Waals surface area contributed by atoms with Gasteiger partial charge in [0, 0.05) is 12.6 Å². The van der Waals surface area contributed by atoms with Crippen LogP contribution in [0.1, 0.15) is 63.9 Å². The number of rotatable bonds is 7. The monoisotopic (exact) mass is 484 g/mol. The standard InChI is InChI=1S/C23H31F3N4O2S/c1-13(2)12-30(15-6-4-3-5-7-15)19-9-8-14(16-11-17(16)20(31)32)10-18(19)28-22(33)29-21(27)23(24,25)26/h8-10,13,15-17H,3-7,11-12H2,1-2H3,(H,31,32)(H3,27,28,29,33). The minimum absolute atomic E-state index is 0.123. The van der Waals surface area contributed by atoms with Crippen molar-refractivity contribution in [3.05, 3.63) is 23.8 Å². The third kappa shape index (κ3) is 6.59. The maximum atomic E-state index is 12.8. The first-order chi connectivity index (χ1) is 15.5. The zero-order valence-electron chi connectivity index (χ0n) is 18.9. The number of hydrogen-bond donors (Lipinski definition) is 3. The molecule has 0 spiro atoms. The number of hydrogen-bond acceptors (Lipinski definition) is 3. The molecule has 2 saturated carbocycles. The van der Waals surface area contributed by atoms with Crippen molar-refractivity contribution in [1.82, 2.24) is 0 Å². The van der Waals surface area contributed by atoms with Crippen molar-refractivity contribution in [3.8, 4) is 0 Å². The smallest absolute Gasteiger partial charge is 0.449 e. The Labute approximate surface area is 197 Å². The second-order valence-electron chi connectivity index (χ2n) is 9.33. The molecule has 3 rings (SSSR count). The van der Waals surface area contributed by atoms with Gasteiger partial charge >= 0.3 is 12.1 Å². The Morgan fingerprint density at radius 1 is 1.30 bits per heavy atom. The van der Waals surface area contributed by atoms with Crippen LogP contribution in [-0.2, 0) is 4.79 Å². The van der Waals surface area contributed by atoms with Gasteiger partial charge in [-0.3, -0.25) is 4.79 Å². The zero-order chi connectivity index (χ0) is 24.3. The summed E-state index contributed by atoms with van der Waals surface area (Å²) in [5, 5.41) is 11.8. The fourth-order valence-electron chi connectivity index (χ4n) is 4.52. The quantitative estimate of drug-likeness (QED) is 0.277. The predicted molar refractivity (Wildman–Crippen MR) is 128 cm³/mol. The van der Waals surface area contributed by atoms with Gasteiger partial charge in [0.05, 0.1) is 17.3 Å². The molecule has 33 heavy (non-hydrogen) atoms. The first kappa shape index (κ1) is 25.3. The number of nitrogens with one attached hydrogen (secondary N) is 1. The lowest BCUT2D eigenvalue weighted by molar-refractivity contribution is -0.138. The molecule has 6 nitrogen and oxygen atoms in total. The molecule has 0 heterocycles. The van der Waals surface area contributed by atoms with Crippen molar-refractivity contribution in [2.75, 3.05) is 16.8 Å². The Kier molecular flexibility index (Phi) is 7.87. The fourth-order valence-corrected chi connectivity index (χ4v) is 4.73. The number of anilines is 2. The molecule has 10 heteroatoms. The lowest BCUT2D eigenvalue weighted by Crippen LogP contribution is -2.40. The van der Waals surface area contributed by atoms with E-state index in [0.29, 0.717) is 24.1 Å². The molecule has 182 valence electrons. The van der Waals surface area contributed by atoms with Gasteiger partial charge in [-0.25, -0.2) is 0 Å². The van der Waals surface area contributed by atoms with E-state index in [2.05, 4.69) is 29.1 Å². The molecule has 4 N–H and O–H groups in total. The minimum atomic E-state index is -4.77. The van der Waals surface area contributed by atoms with Gasteiger partial charge in [-0.15, -0.1) is 0 Å². The lowest BCUT2D eigenvalue weighted by atomic mass is 9.92. The van der Waals surface area contributed by atoms with Gasteiger partial charge < -0.3 is 21.1 Å². The number of aliphatic imine (C=N–C) groups is 1. The second kappa shape index (κ2) is 10.3. The van der Waals surface area contributed by atoms with Crippen LogP contribution < -0.4 is 16.0 Å². The van der Waals surface area contributed by atoms with Crippen molar-refractivity contribution in [3.63, 3.8) is 0 Å². The number of alkyl halides is 3. The summed E-state index contributed by atoms with van der Waals surface area (Å²) in [7, 11) is 0. The molecule has 0 amide bonds. The topological polar surface area (TPSA) is 91.0 Å². The number of thiocarbonyl (C=S) groups is 1. The molecule has 0 bridgehead atoms. The molecule has 0 saturated heterocycles. The van der Waals surface area contributed by atoms with E-state index in [1.54, 1.807) is 6.07 Å². The largest absolute Gasteiger partial charge is 0.481 e. The summed E-state index contributed by atoms with van der Waals surface area (Å²) in [4.78, 5) is 17.0. The molecule has 2 aliphatic rings. The minimum Gasteiger partial charge on any atom is -0.481 e. The summed E-state index contributed by atoms with van der Waals surface area (Å²) in [5.74, 6) is -2.56. The highest BCUT2D eigenvalue weighted by atomic mass is 32.1. The van der Waals surface area contributed by atoms with E-state index in [1.807, 2.05) is 12.1 Å². The Hall–Kier alpha value is -2.36. The second-order valence-corrected chi connectivity index (χ2v) is 9.71. The van der Waals surface area contributed by atoms with E-state index in [0.717, 1.165) is 43.5 Å². The summed E-state index contributed by atoms with van der Waals surface area (Å²) >= 11 is 5.07. The van der Waals surface area contributed by atoms with Crippen molar-refractivity contribution in [2.24, 2.45) is 22.6 Å². The molecule has 2 unspecified atom stereocenters. The first-order valence-electron chi connectivity index (χ1n) is 11.3. The molecule has 1 aromatic carbocycles. The van der Waals surface area contributed by atoms with Crippen LogP contribution in [0.15, 0.2) is 23.2 Å². The average Bonchev–Trinajstić information content (AvgIpc) is 3.53. The summed E-state index contributed by atoms with van der Waals surface area (Å²) in [6.07, 6.45) is 1.31. The Morgan fingerprint density at radius 3 is 2.52 bits per heavy atom. The Balaban J connectivity index is 1.96. The van der Waals surface area contributed by atoms with Gasteiger partial charge in [0.15, 0.2) is 5.11 Å². The van der Waals surface area contributed by atoms with E-state index in [-0.39, 0.29) is 11.0 Å². The molecule has 1 aromatic rings. The molecule has 0 aromatic heterocycles. The van der Waals surface area contributed by atoms with Crippen molar-refractivity contribution in [2.45, 2.75) is 70.5 Å². The molecular weight excluding hydrogens is 453 g/mol. The number of halogens is 3. The van der Waals surface area contributed by atoms with E-state index in [1.165, 1.54) is 6.42 Å². The van der Waals surface area contributed by atoms with Gasteiger partial charge in [0.1, 0.15) is 0 Å². The molecule has 2 atom stereocenters.